The molecule has 0 aliphatic rings. The zero-order valence-electron chi connectivity index (χ0n) is 6.67. The monoisotopic (exact) mass is 219 g/mol. The highest BCUT2D eigenvalue weighted by Gasteiger charge is 2.06. The van der Waals surface area contributed by atoms with E-state index >= 15 is 0 Å². The second-order valence-corrected chi connectivity index (χ2v) is 5.74. The molecule has 0 saturated carbocycles. The third kappa shape index (κ3) is 3.67. The number of benzene rings is 1. The molecule has 1 rings (SSSR count). The molecule has 0 aliphatic heterocycles. The van der Waals surface area contributed by atoms with Crippen LogP contribution in [0, 0.1) is 0 Å². The summed E-state index contributed by atoms with van der Waals surface area (Å²) in [5, 5.41) is 0. The summed E-state index contributed by atoms with van der Waals surface area (Å²) >= 11 is 0. The Labute approximate surface area is 80.3 Å². The van der Waals surface area contributed by atoms with Gasteiger partial charge in [0.2, 0.25) is 0 Å². The van der Waals surface area contributed by atoms with E-state index in [2.05, 4.69) is 0 Å². The van der Waals surface area contributed by atoms with Crippen molar-refractivity contribution in [2.75, 3.05) is 5.73 Å². The SMILES string of the molecule is Nc1ccccc1CSS(=O)(=O)O. The molecule has 3 N–H and O–H groups in total. The molecular formula is C7H9NO3S2. The lowest BCUT2D eigenvalue weighted by Crippen LogP contribution is -1.95. The van der Waals surface area contributed by atoms with Gasteiger partial charge in [0.1, 0.15) is 0 Å². The first-order valence-corrected chi connectivity index (χ1v) is 6.38. The lowest BCUT2D eigenvalue weighted by Gasteiger charge is -2.02. The molecule has 0 unspecified atom stereocenters. The Morgan fingerprint density at radius 3 is 2.54 bits per heavy atom. The average Bonchev–Trinajstić information content (AvgIpc) is 2.01. The van der Waals surface area contributed by atoms with Gasteiger partial charge in [-0.25, -0.2) is 0 Å². The Bertz CT molecular complexity index is 388. The minimum atomic E-state index is -3.98. The molecule has 0 aromatic heterocycles. The van der Waals surface area contributed by atoms with Crippen molar-refractivity contribution >= 4 is 25.6 Å². The quantitative estimate of drug-likeness (QED) is 0.455. The summed E-state index contributed by atoms with van der Waals surface area (Å²) in [7, 11) is -3.53. The van der Waals surface area contributed by atoms with Gasteiger partial charge in [-0.15, -0.1) is 0 Å². The van der Waals surface area contributed by atoms with E-state index < -0.39 is 9.15 Å². The third-order valence-corrected chi connectivity index (χ3v) is 3.39. The molecule has 72 valence electrons. The molecule has 0 aliphatic carbocycles. The second kappa shape index (κ2) is 3.99. The van der Waals surface area contributed by atoms with Gasteiger partial charge in [0.15, 0.2) is 0 Å². The molecule has 0 heterocycles. The van der Waals surface area contributed by atoms with Gasteiger partial charge in [0.05, 0.1) is 0 Å². The molecule has 0 amide bonds. The minimum Gasteiger partial charge on any atom is -0.398 e. The topological polar surface area (TPSA) is 80.4 Å². The van der Waals surface area contributed by atoms with Crippen molar-refractivity contribution in [1.29, 1.82) is 0 Å². The molecule has 1 aromatic carbocycles. The Morgan fingerprint density at radius 2 is 2.00 bits per heavy atom. The van der Waals surface area contributed by atoms with Gasteiger partial charge in [0.25, 0.3) is 0 Å². The zero-order valence-corrected chi connectivity index (χ0v) is 8.31. The third-order valence-electron chi connectivity index (χ3n) is 1.42. The van der Waals surface area contributed by atoms with Crippen LogP contribution >= 0.6 is 10.8 Å². The van der Waals surface area contributed by atoms with Gasteiger partial charge in [0, 0.05) is 22.2 Å². The molecule has 0 fully saturated rings. The lowest BCUT2D eigenvalue weighted by molar-refractivity contribution is 0.503. The van der Waals surface area contributed by atoms with Gasteiger partial charge < -0.3 is 5.73 Å². The van der Waals surface area contributed by atoms with Gasteiger partial charge in [-0.3, -0.25) is 4.55 Å². The second-order valence-electron chi connectivity index (χ2n) is 2.39. The summed E-state index contributed by atoms with van der Waals surface area (Å²) < 4.78 is 29.3. The van der Waals surface area contributed by atoms with E-state index in [1.165, 1.54) is 0 Å². The summed E-state index contributed by atoms with van der Waals surface area (Å²) in [6, 6.07) is 6.92. The predicted octanol–water partition coefficient (Wildman–Crippen LogP) is 1.30. The van der Waals surface area contributed by atoms with E-state index in [1.807, 2.05) is 0 Å². The average molecular weight is 219 g/mol. The largest absolute Gasteiger partial charge is 0.398 e. The van der Waals surface area contributed by atoms with Crippen molar-refractivity contribution in [2.24, 2.45) is 0 Å². The van der Waals surface area contributed by atoms with Crippen LogP contribution < -0.4 is 5.73 Å². The Hall–Kier alpha value is -0.720. The highest BCUT2D eigenvalue weighted by molar-refractivity contribution is 8.69. The fraction of sp³-hybridized carbons (Fsp3) is 0.143. The molecule has 0 radical (unpaired) electrons. The van der Waals surface area contributed by atoms with Gasteiger partial charge in [-0.1, -0.05) is 18.2 Å². The number of nitrogens with two attached hydrogens (primary N) is 1. The molecule has 1 aromatic rings. The summed E-state index contributed by atoms with van der Waals surface area (Å²) in [6.45, 7) is 0. The number of nitrogen functional groups attached to an aromatic ring is 1. The highest BCUT2D eigenvalue weighted by atomic mass is 33.1. The number of para-hydroxylation sites is 1. The van der Waals surface area contributed by atoms with Crippen LogP contribution in [-0.4, -0.2) is 13.0 Å². The first-order chi connectivity index (χ1) is 5.99. The van der Waals surface area contributed by atoms with E-state index in [0.29, 0.717) is 22.0 Å². The van der Waals surface area contributed by atoms with Crippen molar-refractivity contribution in [3.05, 3.63) is 29.8 Å². The fourth-order valence-electron chi connectivity index (χ4n) is 0.804. The summed E-state index contributed by atoms with van der Waals surface area (Å²) in [6.07, 6.45) is 0. The standard InChI is InChI=1S/C7H9NO3S2/c8-7-4-2-1-3-6(7)5-12-13(9,10)11/h1-4H,5,8H2,(H,9,10,11). The molecule has 0 bridgehead atoms. The molecule has 4 nitrogen and oxygen atoms in total. The van der Waals surface area contributed by atoms with Crippen molar-refractivity contribution in [3.8, 4) is 0 Å². The van der Waals surface area contributed by atoms with E-state index in [1.54, 1.807) is 24.3 Å². The number of hydrogen-bond donors (Lipinski definition) is 2. The molecule has 0 spiro atoms. The van der Waals surface area contributed by atoms with Gasteiger partial charge >= 0.3 is 9.15 Å². The summed E-state index contributed by atoms with van der Waals surface area (Å²) in [4.78, 5) is 0. The Kier molecular flexibility index (Phi) is 3.18. The number of anilines is 1. The van der Waals surface area contributed by atoms with Crippen LogP contribution in [0.2, 0.25) is 0 Å². The van der Waals surface area contributed by atoms with Crippen LogP contribution in [0.5, 0.6) is 0 Å². The van der Waals surface area contributed by atoms with Crippen LogP contribution in [0.15, 0.2) is 24.3 Å². The van der Waals surface area contributed by atoms with Crippen molar-refractivity contribution < 1.29 is 13.0 Å². The van der Waals surface area contributed by atoms with E-state index in [-0.39, 0.29) is 5.75 Å². The van der Waals surface area contributed by atoms with E-state index in [0.717, 1.165) is 0 Å². The number of rotatable bonds is 3. The predicted molar refractivity (Wildman–Crippen MR) is 53.7 cm³/mol. The maximum Gasteiger partial charge on any atom is 0.320 e. The van der Waals surface area contributed by atoms with Crippen LogP contribution in [0.4, 0.5) is 5.69 Å². The molecule has 0 atom stereocenters. The first-order valence-electron chi connectivity index (χ1n) is 3.44. The minimum absolute atomic E-state index is 0.158. The van der Waals surface area contributed by atoms with Crippen molar-refractivity contribution in [1.82, 2.24) is 0 Å². The van der Waals surface area contributed by atoms with Gasteiger partial charge in [-0.05, 0) is 11.6 Å². The Morgan fingerprint density at radius 1 is 1.38 bits per heavy atom. The van der Waals surface area contributed by atoms with Gasteiger partial charge in [-0.2, -0.15) is 8.42 Å². The van der Waals surface area contributed by atoms with Crippen molar-refractivity contribution in [3.63, 3.8) is 0 Å². The first kappa shape index (κ1) is 10.4. The maximum absolute atomic E-state index is 10.4. The smallest absolute Gasteiger partial charge is 0.320 e. The van der Waals surface area contributed by atoms with Crippen molar-refractivity contribution in [2.45, 2.75) is 5.75 Å². The number of hydrogen-bond acceptors (Lipinski definition) is 4. The molecule has 0 saturated heterocycles. The Balaban J connectivity index is 2.71. The van der Waals surface area contributed by atoms with E-state index in [9.17, 15) is 8.42 Å². The van der Waals surface area contributed by atoms with Crippen LogP contribution in [0.25, 0.3) is 0 Å². The molecule has 13 heavy (non-hydrogen) atoms. The van der Waals surface area contributed by atoms with E-state index in [4.69, 9.17) is 10.3 Å². The molecule has 6 heteroatoms. The highest BCUT2D eigenvalue weighted by Crippen LogP contribution is 2.21. The zero-order chi connectivity index (χ0) is 9.90. The van der Waals surface area contributed by atoms with Crippen LogP contribution in [0.3, 0.4) is 0 Å². The van der Waals surface area contributed by atoms with Crippen LogP contribution in [-0.2, 0) is 14.9 Å². The molecular weight excluding hydrogens is 210 g/mol. The normalized spacial score (nSPS) is 11.5. The fourth-order valence-corrected chi connectivity index (χ4v) is 2.17. The summed E-state index contributed by atoms with van der Waals surface area (Å²) in [5.41, 5.74) is 6.79. The lowest BCUT2D eigenvalue weighted by atomic mass is 10.2. The summed E-state index contributed by atoms with van der Waals surface area (Å²) in [5.74, 6) is 0.158. The maximum atomic E-state index is 10.4. The van der Waals surface area contributed by atoms with Crippen LogP contribution in [0.1, 0.15) is 5.56 Å².